The lowest BCUT2D eigenvalue weighted by Crippen LogP contribution is -2.42. The summed E-state index contributed by atoms with van der Waals surface area (Å²) in [5.41, 5.74) is 2.17. The minimum Gasteiger partial charge on any atom is -0.462 e. The Morgan fingerprint density at radius 2 is 1.94 bits per heavy atom. The first-order chi connectivity index (χ1) is 16.7. The molecule has 1 saturated heterocycles. The van der Waals surface area contributed by atoms with E-state index in [1.165, 1.54) is 0 Å². The summed E-state index contributed by atoms with van der Waals surface area (Å²) in [7, 11) is 0. The number of aliphatic imine (C=N–C) groups is 1. The number of benzene rings is 2. The van der Waals surface area contributed by atoms with Crippen LogP contribution in [0.5, 0.6) is 0 Å². The lowest BCUT2D eigenvalue weighted by molar-refractivity contribution is -0.140. The second kappa shape index (κ2) is 10.6. The molecule has 1 fully saturated rings. The normalized spacial score (nSPS) is 17.7. The van der Waals surface area contributed by atoms with Crippen molar-refractivity contribution >= 4 is 34.5 Å². The van der Waals surface area contributed by atoms with Gasteiger partial charge in [-0.1, -0.05) is 37.7 Å². The molecule has 6 nitrogen and oxygen atoms in total. The lowest BCUT2D eigenvalue weighted by atomic mass is 9.94. The van der Waals surface area contributed by atoms with E-state index in [9.17, 15) is 18.4 Å². The third-order valence-electron chi connectivity index (χ3n) is 5.61. The molecule has 0 radical (unpaired) electrons. The number of nitrogens with one attached hydrogen (secondary N) is 1. The number of esters is 1. The number of hydrogen-bond donors (Lipinski definition) is 1. The minimum absolute atomic E-state index is 0.124. The monoisotopic (exact) mass is 499 g/mol. The van der Waals surface area contributed by atoms with Crippen LogP contribution in [0.15, 0.2) is 58.7 Å². The molecular formula is C26H27F2N3O3S. The lowest BCUT2D eigenvalue weighted by Gasteiger charge is -2.40. The van der Waals surface area contributed by atoms with Crippen molar-refractivity contribution < 1.29 is 23.1 Å². The van der Waals surface area contributed by atoms with Crippen molar-refractivity contribution in [3.63, 3.8) is 0 Å². The van der Waals surface area contributed by atoms with E-state index in [1.54, 1.807) is 30.0 Å². The van der Waals surface area contributed by atoms with Crippen molar-refractivity contribution in [2.24, 2.45) is 10.9 Å². The number of hydrogen-bond acceptors (Lipinski definition) is 6. The Bertz CT molecular complexity index is 1190. The number of fused-ring (bicyclic) bond motifs is 1. The Labute approximate surface area is 207 Å². The molecule has 0 aliphatic carbocycles. The van der Waals surface area contributed by atoms with Gasteiger partial charge in [-0.3, -0.25) is 4.79 Å². The van der Waals surface area contributed by atoms with Gasteiger partial charge in [-0.2, -0.15) is 0 Å². The molecule has 1 amide bonds. The maximum absolute atomic E-state index is 13.6. The molecule has 0 saturated carbocycles. The fraction of sp³-hybridized carbons (Fsp3) is 0.346. The van der Waals surface area contributed by atoms with Gasteiger partial charge in [0.1, 0.15) is 11.6 Å². The number of amidine groups is 1. The zero-order valence-electron chi connectivity index (χ0n) is 19.8. The van der Waals surface area contributed by atoms with Crippen LogP contribution in [0.3, 0.4) is 0 Å². The van der Waals surface area contributed by atoms with Gasteiger partial charge < -0.3 is 15.0 Å². The fourth-order valence-electron chi connectivity index (χ4n) is 4.07. The van der Waals surface area contributed by atoms with E-state index < -0.39 is 29.6 Å². The molecule has 2 aromatic carbocycles. The topological polar surface area (TPSA) is 71.0 Å². The van der Waals surface area contributed by atoms with Gasteiger partial charge in [-0.25, -0.2) is 18.6 Å². The Morgan fingerprint density at radius 3 is 2.66 bits per heavy atom. The summed E-state index contributed by atoms with van der Waals surface area (Å²) in [6.07, 6.45) is 0.940. The molecular weight excluding hydrogens is 472 g/mol. The summed E-state index contributed by atoms with van der Waals surface area (Å²) in [6, 6.07) is 9.34. The predicted octanol–water partition coefficient (Wildman–Crippen LogP) is 5.54. The van der Waals surface area contributed by atoms with E-state index >= 15 is 0 Å². The summed E-state index contributed by atoms with van der Waals surface area (Å²) >= 11 is 1.64. The molecule has 2 aromatic rings. The summed E-state index contributed by atoms with van der Waals surface area (Å²) in [5, 5.41) is 3.55. The number of amides is 1. The molecule has 1 atom stereocenters. The summed E-state index contributed by atoms with van der Waals surface area (Å²) in [5.74, 6) is -1.57. The third-order valence-corrected chi connectivity index (χ3v) is 6.69. The molecule has 9 heteroatoms. The molecule has 0 spiro atoms. The molecule has 2 aliphatic rings. The van der Waals surface area contributed by atoms with Crippen molar-refractivity contribution in [2.75, 3.05) is 24.2 Å². The van der Waals surface area contributed by atoms with E-state index in [1.807, 2.05) is 26.8 Å². The van der Waals surface area contributed by atoms with Gasteiger partial charge >= 0.3 is 5.97 Å². The Balaban J connectivity index is 1.67. The van der Waals surface area contributed by atoms with Crippen LogP contribution in [0.25, 0.3) is 0 Å². The highest BCUT2D eigenvalue weighted by Gasteiger charge is 2.38. The van der Waals surface area contributed by atoms with Crippen LogP contribution in [-0.4, -0.2) is 40.8 Å². The van der Waals surface area contributed by atoms with Crippen molar-refractivity contribution in [1.82, 2.24) is 4.90 Å². The van der Waals surface area contributed by atoms with Gasteiger partial charge in [0.2, 0.25) is 0 Å². The molecule has 0 aromatic heterocycles. The van der Waals surface area contributed by atoms with Gasteiger partial charge in [0, 0.05) is 29.6 Å². The third kappa shape index (κ3) is 5.73. The van der Waals surface area contributed by atoms with Gasteiger partial charge in [0.15, 0.2) is 5.17 Å². The van der Waals surface area contributed by atoms with Gasteiger partial charge in [0.25, 0.3) is 5.91 Å². The van der Waals surface area contributed by atoms with Crippen molar-refractivity contribution in [3.05, 3.63) is 76.5 Å². The van der Waals surface area contributed by atoms with E-state index in [2.05, 4.69) is 15.2 Å². The maximum Gasteiger partial charge on any atom is 0.338 e. The summed E-state index contributed by atoms with van der Waals surface area (Å²) in [4.78, 5) is 32.6. The van der Waals surface area contributed by atoms with E-state index in [0.717, 1.165) is 41.6 Å². The standard InChI is InChI=1S/C26H27F2N3O3S/c1-15(2)14-34-25(33)22-16(3)29-26-31(8-5-9-35-26)23(22)17-6-4-7-21(12-17)30-24(32)18-10-19(27)13-20(28)11-18/h4,6-7,10-13,15,23H,5,8-9,14H2,1-3H3,(H,30,32). The SMILES string of the molecule is CC1=C(C(=O)OCC(C)C)C(c2cccc(NC(=O)c3cc(F)cc(F)c3)c2)N2CCCSC2=N1. The predicted molar refractivity (Wildman–Crippen MR) is 133 cm³/mol. The Kier molecular flexibility index (Phi) is 7.54. The minimum atomic E-state index is -0.828. The number of ether oxygens (including phenoxy) is 1. The average molecular weight is 500 g/mol. The highest BCUT2D eigenvalue weighted by molar-refractivity contribution is 8.13. The van der Waals surface area contributed by atoms with Crippen molar-refractivity contribution in [1.29, 1.82) is 0 Å². The fourth-order valence-corrected chi connectivity index (χ4v) is 5.09. The van der Waals surface area contributed by atoms with Crippen LogP contribution < -0.4 is 5.32 Å². The van der Waals surface area contributed by atoms with Gasteiger partial charge in [0.05, 0.1) is 23.9 Å². The molecule has 1 N–H and O–H groups in total. The number of halogens is 2. The summed E-state index contributed by atoms with van der Waals surface area (Å²) in [6.45, 7) is 6.78. The quantitative estimate of drug-likeness (QED) is 0.529. The van der Waals surface area contributed by atoms with E-state index in [-0.39, 0.29) is 11.5 Å². The number of carbonyl (C=O) groups is 2. The Morgan fingerprint density at radius 1 is 1.20 bits per heavy atom. The Hall–Kier alpha value is -3.20. The van der Waals surface area contributed by atoms with E-state index in [4.69, 9.17) is 4.74 Å². The van der Waals surface area contributed by atoms with E-state index in [0.29, 0.717) is 29.6 Å². The number of carbonyl (C=O) groups excluding carboxylic acids is 2. The molecule has 2 aliphatic heterocycles. The van der Waals surface area contributed by atoms with Crippen molar-refractivity contribution in [2.45, 2.75) is 33.2 Å². The van der Waals surface area contributed by atoms with Crippen LogP contribution in [0.4, 0.5) is 14.5 Å². The zero-order chi connectivity index (χ0) is 25.1. The smallest absolute Gasteiger partial charge is 0.338 e. The first kappa shape index (κ1) is 24.9. The van der Waals surface area contributed by atoms with Crippen LogP contribution in [0, 0.1) is 17.6 Å². The maximum atomic E-state index is 13.6. The number of nitrogens with zero attached hydrogens (tertiary/aromatic N) is 2. The molecule has 184 valence electrons. The first-order valence-electron chi connectivity index (χ1n) is 11.5. The van der Waals surface area contributed by atoms with Crippen LogP contribution >= 0.6 is 11.8 Å². The molecule has 35 heavy (non-hydrogen) atoms. The number of rotatable bonds is 6. The highest BCUT2D eigenvalue weighted by atomic mass is 32.2. The van der Waals surface area contributed by atoms with Crippen LogP contribution in [-0.2, 0) is 9.53 Å². The molecule has 1 unspecified atom stereocenters. The second-order valence-electron chi connectivity index (χ2n) is 8.92. The molecule has 2 heterocycles. The molecule has 0 bridgehead atoms. The number of allylic oxidation sites excluding steroid dienone is 1. The van der Waals surface area contributed by atoms with Crippen LogP contribution in [0.2, 0.25) is 0 Å². The van der Waals surface area contributed by atoms with Gasteiger partial charge in [-0.05, 0) is 49.1 Å². The second-order valence-corrected chi connectivity index (χ2v) is 9.98. The highest BCUT2D eigenvalue weighted by Crippen LogP contribution is 2.40. The van der Waals surface area contributed by atoms with Crippen molar-refractivity contribution in [3.8, 4) is 0 Å². The zero-order valence-corrected chi connectivity index (χ0v) is 20.6. The average Bonchev–Trinajstić information content (AvgIpc) is 2.81. The number of anilines is 1. The first-order valence-corrected chi connectivity index (χ1v) is 12.4. The molecule has 4 rings (SSSR count). The number of thioether (sulfide) groups is 1. The largest absolute Gasteiger partial charge is 0.462 e. The van der Waals surface area contributed by atoms with Crippen LogP contribution in [0.1, 0.15) is 49.2 Å². The van der Waals surface area contributed by atoms with Gasteiger partial charge in [-0.15, -0.1) is 0 Å². The summed E-state index contributed by atoms with van der Waals surface area (Å²) < 4.78 is 32.7.